The van der Waals surface area contributed by atoms with Crippen LogP contribution in [0, 0.1) is 0 Å². The highest BCUT2D eigenvalue weighted by molar-refractivity contribution is 6.32. The van der Waals surface area contributed by atoms with Crippen LogP contribution in [0.3, 0.4) is 0 Å². The van der Waals surface area contributed by atoms with Crippen LogP contribution in [0.5, 0.6) is 11.5 Å². The number of fused-ring (bicyclic) bond motifs is 1. The summed E-state index contributed by atoms with van der Waals surface area (Å²) >= 11 is 6.29. The van der Waals surface area contributed by atoms with Gasteiger partial charge in [0.1, 0.15) is 12.3 Å². The van der Waals surface area contributed by atoms with Gasteiger partial charge in [-0.1, -0.05) is 54.1 Å². The van der Waals surface area contributed by atoms with Crippen LogP contribution in [0.2, 0.25) is 5.02 Å². The van der Waals surface area contributed by atoms with Crippen LogP contribution in [0.4, 0.5) is 11.4 Å². The first kappa shape index (κ1) is 23.8. The molecule has 0 unspecified atom stereocenters. The highest BCUT2D eigenvalue weighted by atomic mass is 35.5. The van der Waals surface area contributed by atoms with Crippen LogP contribution in [0.15, 0.2) is 78.6 Å². The Morgan fingerprint density at radius 1 is 0.944 bits per heavy atom. The van der Waals surface area contributed by atoms with Crippen LogP contribution in [-0.4, -0.2) is 56.5 Å². The van der Waals surface area contributed by atoms with E-state index in [1.807, 2.05) is 54.6 Å². The van der Waals surface area contributed by atoms with Gasteiger partial charge < -0.3 is 19.3 Å². The van der Waals surface area contributed by atoms with E-state index in [0.29, 0.717) is 48.2 Å². The average molecular weight is 504 g/mol. The Bertz CT molecular complexity index is 1320. The molecule has 2 aliphatic heterocycles. The normalized spacial score (nSPS) is 16.6. The van der Waals surface area contributed by atoms with Crippen LogP contribution < -0.4 is 19.3 Å². The quantitative estimate of drug-likeness (QED) is 0.481. The van der Waals surface area contributed by atoms with E-state index < -0.39 is 0 Å². The summed E-state index contributed by atoms with van der Waals surface area (Å²) in [4.78, 5) is 32.2. The van der Waals surface area contributed by atoms with Gasteiger partial charge in [-0.05, 0) is 42.0 Å². The van der Waals surface area contributed by atoms with Gasteiger partial charge in [-0.2, -0.15) is 0 Å². The number of piperazine rings is 1. The molecule has 2 amide bonds. The van der Waals surface area contributed by atoms with Gasteiger partial charge >= 0.3 is 0 Å². The number of para-hydroxylation sites is 4. The molecule has 5 rings (SSSR count). The lowest BCUT2D eigenvalue weighted by molar-refractivity contribution is -0.131. The van der Waals surface area contributed by atoms with Crippen molar-refractivity contribution in [1.82, 2.24) is 4.90 Å². The first-order chi connectivity index (χ1) is 17.5. The Morgan fingerprint density at radius 3 is 2.36 bits per heavy atom. The van der Waals surface area contributed by atoms with E-state index in [9.17, 15) is 9.59 Å². The SMILES string of the molecule is COc1ccccc1N1CCN(C(=O)CN2C(=O)C(=Cc3ccccc3Cl)Oc3ccccc32)CC1. The minimum absolute atomic E-state index is 0.0757. The summed E-state index contributed by atoms with van der Waals surface area (Å²) < 4.78 is 11.4. The molecule has 0 radical (unpaired) electrons. The maximum atomic E-state index is 13.4. The minimum Gasteiger partial charge on any atom is -0.495 e. The van der Waals surface area contributed by atoms with Crippen molar-refractivity contribution in [2.24, 2.45) is 0 Å². The predicted molar refractivity (Wildman–Crippen MR) is 141 cm³/mol. The first-order valence-corrected chi connectivity index (χ1v) is 12.1. The third kappa shape index (κ3) is 4.75. The zero-order valence-electron chi connectivity index (χ0n) is 19.9. The van der Waals surface area contributed by atoms with Crippen LogP contribution in [-0.2, 0) is 9.59 Å². The van der Waals surface area contributed by atoms with Crippen LogP contribution in [0.25, 0.3) is 6.08 Å². The average Bonchev–Trinajstić information content (AvgIpc) is 2.92. The number of methoxy groups -OCH3 is 1. The number of nitrogens with zero attached hydrogens (tertiary/aromatic N) is 3. The molecular formula is C28H26ClN3O4. The number of halogens is 1. The highest BCUT2D eigenvalue weighted by Crippen LogP contribution is 2.36. The molecule has 0 N–H and O–H groups in total. The summed E-state index contributed by atoms with van der Waals surface area (Å²) in [6.45, 7) is 2.39. The Labute approximate surface area is 215 Å². The van der Waals surface area contributed by atoms with E-state index in [1.54, 1.807) is 36.3 Å². The van der Waals surface area contributed by atoms with E-state index in [4.69, 9.17) is 21.1 Å². The minimum atomic E-state index is -0.380. The Morgan fingerprint density at radius 2 is 1.61 bits per heavy atom. The first-order valence-electron chi connectivity index (χ1n) is 11.8. The standard InChI is InChI=1S/C28H26ClN3O4/c1-35-24-12-6-4-10-22(24)30-14-16-31(17-15-30)27(33)19-32-23-11-5-7-13-25(23)36-26(28(32)34)18-20-8-2-3-9-21(20)29/h2-13,18H,14-17,19H2,1H3. The van der Waals surface area contributed by atoms with Gasteiger partial charge in [0.2, 0.25) is 5.91 Å². The molecule has 2 heterocycles. The molecule has 0 spiro atoms. The molecule has 36 heavy (non-hydrogen) atoms. The molecule has 1 saturated heterocycles. The molecule has 184 valence electrons. The van der Waals surface area contributed by atoms with E-state index in [2.05, 4.69) is 4.90 Å². The zero-order chi connectivity index (χ0) is 25.1. The van der Waals surface area contributed by atoms with E-state index in [0.717, 1.165) is 11.4 Å². The Balaban J connectivity index is 1.32. The molecule has 8 heteroatoms. The number of hydrogen-bond acceptors (Lipinski definition) is 5. The highest BCUT2D eigenvalue weighted by Gasteiger charge is 2.33. The topological polar surface area (TPSA) is 62.3 Å². The monoisotopic (exact) mass is 503 g/mol. The van der Waals surface area contributed by atoms with Gasteiger partial charge in [0.25, 0.3) is 5.91 Å². The smallest absolute Gasteiger partial charge is 0.294 e. The molecule has 0 aromatic heterocycles. The largest absolute Gasteiger partial charge is 0.495 e. The predicted octanol–water partition coefficient (Wildman–Crippen LogP) is 4.46. The second kappa shape index (κ2) is 10.3. The van der Waals surface area contributed by atoms with Gasteiger partial charge in [0, 0.05) is 31.2 Å². The molecule has 0 atom stereocenters. The summed E-state index contributed by atoms with van der Waals surface area (Å²) in [5.41, 5.74) is 2.25. The van der Waals surface area contributed by atoms with Gasteiger partial charge in [0.05, 0.1) is 18.5 Å². The second-order valence-electron chi connectivity index (χ2n) is 8.53. The number of hydrogen-bond donors (Lipinski definition) is 0. The number of ether oxygens (including phenoxy) is 2. The molecule has 3 aromatic rings. The van der Waals surface area contributed by atoms with Crippen molar-refractivity contribution in [3.05, 3.63) is 89.1 Å². The Hall–Kier alpha value is -3.97. The van der Waals surface area contributed by atoms with Crippen molar-refractivity contribution in [3.63, 3.8) is 0 Å². The fourth-order valence-electron chi connectivity index (χ4n) is 4.48. The van der Waals surface area contributed by atoms with Crippen molar-refractivity contribution in [2.45, 2.75) is 0 Å². The van der Waals surface area contributed by atoms with E-state index >= 15 is 0 Å². The number of rotatable bonds is 5. The molecule has 1 fully saturated rings. The Kier molecular flexibility index (Phi) is 6.82. The lowest BCUT2D eigenvalue weighted by Gasteiger charge is -2.38. The van der Waals surface area contributed by atoms with Crippen molar-refractivity contribution in [3.8, 4) is 11.5 Å². The molecule has 3 aromatic carbocycles. The molecule has 2 aliphatic rings. The second-order valence-corrected chi connectivity index (χ2v) is 8.94. The van der Waals surface area contributed by atoms with E-state index in [-0.39, 0.29) is 24.1 Å². The number of carbonyl (C=O) groups is 2. The molecular weight excluding hydrogens is 478 g/mol. The molecule has 0 aliphatic carbocycles. The van der Waals surface area contributed by atoms with Crippen LogP contribution in [0.1, 0.15) is 5.56 Å². The number of amides is 2. The molecule has 0 saturated carbocycles. The fraction of sp³-hybridized carbons (Fsp3) is 0.214. The van der Waals surface area contributed by atoms with Crippen molar-refractivity contribution < 1.29 is 19.1 Å². The fourth-order valence-corrected chi connectivity index (χ4v) is 4.67. The third-order valence-corrected chi connectivity index (χ3v) is 6.72. The van der Waals surface area contributed by atoms with Gasteiger partial charge in [-0.25, -0.2) is 0 Å². The molecule has 0 bridgehead atoms. The van der Waals surface area contributed by atoms with E-state index in [1.165, 1.54) is 4.90 Å². The zero-order valence-corrected chi connectivity index (χ0v) is 20.6. The third-order valence-electron chi connectivity index (χ3n) is 6.38. The van der Waals surface area contributed by atoms with Crippen molar-refractivity contribution >= 4 is 40.9 Å². The summed E-state index contributed by atoms with van der Waals surface area (Å²) in [7, 11) is 1.66. The number of anilines is 2. The van der Waals surface area contributed by atoms with Gasteiger partial charge in [-0.3, -0.25) is 14.5 Å². The summed E-state index contributed by atoms with van der Waals surface area (Å²) in [5.74, 6) is 0.955. The van der Waals surface area contributed by atoms with Crippen molar-refractivity contribution in [2.75, 3.05) is 49.6 Å². The lowest BCUT2D eigenvalue weighted by atomic mass is 10.1. The van der Waals surface area contributed by atoms with Crippen molar-refractivity contribution in [1.29, 1.82) is 0 Å². The number of carbonyl (C=O) groups excluding carboxylic acids is 2. The molecule has 7 nitrogen and oxygen atoms in total. The summed E-state index contributed by atoms with van der Waals surface area (Å²) in [6.07, 6.45) is 1.62. The van der Waals surface area contributed by atoms with Gasteiger partial charge in [-0.15, -0.1) is 0 Å². The number of benzene rings is 3. The lowest BCUT2D eigenvalue weighted by Crippen LogP contribution is -2.52. The maximum absolute atomic E-state index is 13.4. The summed E-state index contributed by atoms with van der Waals surface area (Å²) in [5, 5.41) is 0.510. The maximum Gasteiger partial charge on any atom is 0.294 e. The summed E-state index contributed by atoms with van der Waals surface area (Å²) in [6, 6.07) is 22.3. The van der Waals surface area contributed by atoms with Crippen LogP contribution >= 0.6 is 11.6 Å². The van der Waals surface area contributed by atoms with Gasteiger partial charge in [0.15, 0.2) is 11.5 Å².